The second-order valence-electron chi connectivity index (χ2n) is 8.67. The first-order valence-electron chi connectivity index (χ1n) is 10.2. The third-order valence-electron chi connectivity index (χ3n) is 6.97. The molecule has 2 fully saturated rings. The van der Waals surface area contributed by atoms with Gasteiger partial charge in [-0.05, 0) is 85.0 Å². The Balaban J connectivity index is 1.23. The van der Waals surface area contributed by atoms with E-state index in [9.17, 15) is 0 Å². The summed E-state index contributed by atoms with van der Waals surface area (Å²) in [6.07, 6.45) is 11.1. The van der Waals surface area contributed by atoms with Crippen molar-refractivity contribution in [2.75, 3.05) is 5.75 Å². The number of benzene rings is 1. The maximum atomic E-state index is 6.71. The summed E-state index contributed by atoms with van der Waals surface area (Å²) >= 11 is 1.93. The molecule has 3 heteroatoms. The lowest BCUT2D eigenvalue weighted by molar-refractivity contribution is 0.149. The molecule has 5 rings (SSSR count). The van der Waals surface area contributed by atoms with E-state index in [0.717, 1.165) is 5.92 Å². The van der Waals surface area contributed by atoms with Crippen molar-refractivity contribution in [1.82, 2.24) is 4.98 Å². The molecular weight excluding hydrogens is 336 g/mol. The molecule has 0 amide bonds. The van der Waals surface area contributed by atoms with Crippen LogP contribution in [0.3, 0.4) is 0 Å². The minimum atomic E-state index is 0.221. The summed E-state index contributed by atoms with van der Waals surface area (Å²) in [6.45, 7) is 0. The van der Waals surface area contributed by atoms with Crippen molar-refractivity contribution in [1.29, 1.82) is 0 Å². The van der Waals surface area contributed by atoms with Crippen LogP contribution < -0.4 is 5.73 Å². The minimum absolute atomic E-state index is 0.221. The number of pyridine rings is 1. The summed E-state index contributed by atoms with van der Waals surface area (Å²) in [6, 6.07) is 13.6. The van der Waals surface area contributed by atoms with Gasteiger partial charge in [0, 0.05) is 18.0 Å². The Morgan fingerprint density at radius 3 is 2.54 bits per heavy atom. The van der Waals surface area contributed by atoms with Crippen molar-refractivity contribution < 1.29 is 0 Å². The SMILES string of the molecule is NC1c2ccccc2C[C@]12CC[C@H](c1ccc(SCC3CC3)nc1)CC2. The number of hydrogen-bond acceptors (Lipinski definition) is 3. The van der Waals surface area contributed by atoms with Gasteiger partial charge >= 0.3 is 0 Å². The van der Waals surface area contributed by atoms with Gasteiger partial charge in [-0.1, -0.05) is 30.3 Å². The van der Waals surface area contributed by atoms with Gasteiger partial charge in [-0.25, -0.2) is 4.98 Å². The normalized spacial score (nSPS) is 30.5. The average molecular weight is 365 g/mol. The van der Waals surface area contributed by atoms with Crippen LogP contribution in [0.5, 0.6) is 0 Å². The van der Waals surface area contributed by atoms with Crippen LogP contribution in [0.15, 0.2) is 47.6 Å². The summed E-state index contributed by atoms with van der Waals surface area (Å²) in [5, 5.41) is 1.20. The summed E-state index contributed by atoms with van der Waals surface area (Å²) in [4.78, 5) is 4.73. The number of aromatic nitrogens is 1. The molecular formula is C23H28N2S. The van der Waals surface area contributed by atoms with Crippen LogP contribution in [0.4, 0.5) is 0 Å². The molecule has 136 valence electrons. The molecule has 0 saturated heterocycles. The van der Waals surface area contributed by atoms with Gasteiger partial charge in [0.25, 0.3) is 0 Å². The van der Waals surface area contributed by atoms with E-state index in [0.29, 0.717) is 11.3 Å². The molecule has 1 unspecified atom stereocenters. The predicted octanol–water partition coefficient (Wildman–Crippen LogP) is 5.48. The van der Waals surface area contributed by atoms with Gasteiger partial charge in [-0.3, -0.25) is 0 Å². The van der Waals surface area contributed by atoms with Gasteiger partial charge in [0.2, 0.25) is 0 Å². The maximum Gasteiger partial charge on any atom is 0.0960 e. The van der Waals surface area contributed by atoms with Gasteiger partial charge < -0.3 is 5.73 Å². The highest BCUT2D eigenvalue weighted by Crippen LogP contribution is 2.55. The molecule has 3 aliphatic rings. The van der Waals surface area contributed by atoms with Crippen LogP contribution >= 0.6 is 11.8 Å². The first-order valence-corrected chi connectivity index (χ1v) is 11.1. The molecule has 3 aliphatic carbocycles. The van der Waals surface area contributed by atoms with Crippen LogP contribution in [0.1, 0.15) is 67.2 Å². The standard InChI is InChI=1S/C23H28N2S/c24-22-20-4-2-1-3-18(20)13-23(22)11-9-17(10-12-23)19-7-8-21(25-14-19)26-15-16-5-6-16/h1-4,7-8,14,16-17,22H,5-6,9-13,15,24H2/t17-,22?,23+. The van der Waals surface area contributed by atoms with E-state index in [4.69, 9.17) is 10.7 Å². The predicted molar refractivity (Wildman–Crippen MR) is 108 cm³/mol. The minimum Gasteiger partial charge on any atom is -0.323 e. The monoisotopic (exact) mass is 364 g/mol. The van der Waals surface area contributed by atoms with E-state index in [-0.39, 0.29) is 6.04 Å². The Labute approximate surface area is 161 Å². The molecule has 1 spiro atoms. The summed E-state index contributed by atoms with van der Waals surface area (Å²) in [5.74, 6) is 2.86. The summed E-state index contributed by atoms with van der Waals surface area (Å²) < 4.78 is 0. The lowest BCUT2D eigenvalue weighted by Crippen LogP contribution is -2.35. The topological polar surface area (TPSA) is 38.9 Å². The second kappa shape index (κ2) is 6.69. The highest BCUT2D eigenvalue weighted by Gasteiger charge is 2.46. The fourth-order valence-electron chi connectivity index (χ4n) is 5.04. The fourth-order valence-corrected chi connectivity index (χ4v) is 6.07. The van der Waals surface area contributed by atoms with Gasteiger partial charge in [0.1, 0.15) is 0 Å². The quantitative estimate of drug-likeness (QED) is 0.730. The molecule has 1 aromatic carbocycles. The molecule has 0 radical (unpaired) electrons. The second-order valence-corrected chi connectivity index (χ2v) is 9.71. The van der Waals surface area contributed by atoms with Crippen molar-refractivity contribution in [2.45, 2.75) is 61.9 Å². The molecule has 0 bridgehead atoms. The molecule has 1 heterocycles. The van der Waals surface area contributed by atoms with Gasteiger partial charge in [0.15, 0.2) is 0 Å². The van der Waals surface area contributed by atoms with Crippen molar-refractivity contribution in [3.63, 3.8) is 0 Å². The zero-order valence-electron chi connectivity index (χ0n) is 15.4. The van der Waals surface area contributed by atoms with Crippen molar-refractivity contribution in [3.8, 4) is 0 Å². The first kappa shape index (κ1) is 16.8. The number of nitrogens with two attached hydrogens (primary N) is 1. The highest BCUT2D eigenvalue weighted by atomic mass is 32.2. The molecule has 2 saturated carbocycles. The van der Waals surface area contributed by atoms with Crippen LogP contribution in [0.2, 0.25) is 0 Å². The summed E-state index contributed by atoms with van der Waals surface area (Å²) in [5.41, 5.74) is 11.3. The van der Waals surface area contributed by atoms with E-state index >= 15 is 0 Å². The zero-order valence-corrected chi connectivity index (χ0v) is 16.2. The summed E-state index contributed by atoms with van der Waals surface area (Å²) in [7, 11) is 0. The van der Waals surface area contributed by atoms with Crippen LogP contribution in [0.25, 0.3) is 0 Å². The number of nitrogens with zero attached hydrogens (tertiary/aromatic N) is 1. The van der Waals surface area contributed by atoms with E-state index in [1.807, 2.05) is 11.8 Å². The van der Waals surface area contributed by atoms with E-state index in [2.05, 4.69) is 42.6 Å². The van der Waals surface area contributed by atoms with Crippen molar-refractivity contribution in [2.24, 2.45) is 17.1 Å². The number of hydrogen-bond donors (Lipinski definition) is 1. The van der Waals surface area contributed by atoms with Crippen molar-refractivity contribution in [3.05, 3.63) is 59.3 Å². The van der Waals surface area contributed by atoms with Crippen LogP contribution in [0, 0.1) is 11.3 Å². The Hall–Kier alpha value is -1.32. The molecule has 2 nitrogen and oxygen atoms in total. The highest BCUT2D eigenvalue weighted by molar-refractivity contribution is 7.99. The molecule has 26 heavy (non-hydrogen) atoms. The molecule has 2 aromatic rings. The van der Waals surface area contributed by atoms with E-state index in [1.165, 1.54) is 72.4 Å². The Kier molecular flexibility index (Phi) is 4.33. The third-order valence-corrected chi connectivity index (χ3v) is 8.14. The third kappa shape index (κ3) is 3.10. The lowest BCUT2D eigenvalue weighted by atomic mass is 9.66. The molecule has 1 aromatic heterocycles. The maximum absolute atomic E-state index is 6.71. The molecule has 0 aliphatic heterocycles. The van der Waals surface area contributed by atoms with Crippen LogP contribution in [-0.4, -0.2) is 10.7 Å². The Morgan fingerprint density at radius 2 is 1.85 bits per heavy atom. The lowest BCUT2D eigenvalue weighted by Gasteiger charge is -2.40. The van der Waals surface area contributed by atoms with Gasteiger partial charge in [-0.2, -0.15) is 0 Å². The fraction of sp³-hybridized carbons (Fsp3) is 0.522. The molecule has 2 N–H and O–H groups in total. The Bertz CT molecular complexity index is 773. The Morgan fingerprint density at radius 1 is 1.04 bits per heavy atom. The number of rotatable bonds is 4. The van der Waals surface area contributed by atoms with E-state index in [1.54, 1.807) is 0 Å². The largest absolute Gasteiger partial charge is 0.323 e. The zero-order chi connectivity index (χ0) is 17.6. The van der Waals surface area contributed by atoms with Crippen molar-refractivity contribution >= 4 is 11.8 Å². The molecule has 1 atom stereocenters. The van der Waals surface area contributed by atoms with Gasteiger partial charge in [0.05, 0.1) is 5.03 Å². The average Bonchev–Trinajstić information content (AvgIpc) is 3.48. The van der Waals surface area contributed by atoms with E-state index < -0.39 is 0 Å². The first-order chi connectivity index (χ1) is 12.7. The van der Waals surface area contributed by atoms with Crippen LogP contribution in [-0.2, 0) is 6.42 Å². The number of fused-ring (bicyclic) bond motifs is 1. The van der Waals surface area contributed by atoms with Gasteiger partial charge in [-0.15, -0.1) is 11.8 Å². The number of thioether (sulfide) groups is 1. The smallest absolute Gasteiger partial charge is 0.0960 e.